The highest BCUT2D eigenvalue weighted by molar-refractivity contribution is 7.88. The summed E-state index contributed by atoms with van der Waals surface area (Å²) >= 11 is 6.22. The lowest BCUT2D eigenvalue weighted by Gasteiger charge is -2.30. The summed E-state index contributed by atoms with van der Waals surface area (Å²) in [5.74, 6) is 0.241. The fourth-order valence-corrected chi connectivity index (χ4v) is 3.76. The van der Waals surface area contributed by atoms with E-state index in [1.54, 1.807) is 25.2 Å². The SMILES string of the molecule is CN(CCO)C(=O)c1ccc(OC2CCN(S(C)(=O)=O)CC2)c(Cl)c1. The summed E-state index contributed by atoms with van der Waals surface area (Å²) < 4.78 is 30.4. The molecule has 1 saturated heterocycles. The Bertz CT molecular complexity index is 717. The lowest BCUT2D eigenvalue weighted by molar-refractivity contribution is 0.0767. The molecule has 25 heavy (non-hydrogen) atoms. The molecule has 2 rings (SSSR count). The van der Waals surface area contributed by atoms with Gasteiger partial charge in [0.15, 0.2) is 0 Å². The molecular formula is C16H23ClN2O5S. The van der Waals surface area contributed by atoms with Crippen LogP contribution in [0.25, 0.3) is 0 Å². The number of halogens is 1. The first-order chi connectivity index (χ1) is 11.7. The van der Waals surface area contributed by atoms with Crippen LogP contribution in [0.4, 0.5) is 0 Å². The molecule has 0 aliphatic carbocycles. The molecular weight excluding hydrogens is 368 g/mol. The van der Waals surface area contributed by atoms with Crippen molar-refractivity contribution in [3.8, 4) is 5.75 Å². The van der Waals surface area contributed by atoms with E-state index >= 15 is 0 Å². The fraction of sp³-hybridized carbons (Fsp3) is 0.562. The van der Waals surface area contributed by atoms with Gasteiger partial charge < -0.3 is 14.7 Å². The summed E-state index contributed by atoms with van der Waals surface area (Å²) in [4.78, 5) is 13.6. The third-order valence-corrected chi connectivity index (χ3v) is 5.72. The summed E-state index contributed by atoms with van der Waals surface area (Å²) in [7, 11) is -1.56. The standard InChI is InChI=1S/C16H23ClN2O5S/c1-18(9-10-20)16(21)12-3-4-15(14(17)11-12)24-13-5-7-19(8-6-13)25(2,22)23/h3-4,11,13,20H,5-10H2,1-2H3. The first kappa shape index (κ1) is 20.0. The second kappa shape index (κ2) is 8.35. The van der Waals surface area contributed by atoms with Gasteiger partial charge in [0.2, 0.25) is 10.0 Å². The molecule has 1 heterocycles. The molecule has 1 fully saturated rings. The van der Waals surface area contributed by atoms with E-state index in [9.17, 15) is 13.2 Å². The molecule has 1 aliphatic heterocycles. The number of ether oxygens (including phenoxy) is 1. The molecule has 1 aromatic rings. The molecule has 0 spiro atoms. The minimum absolute atomic E-state index is 0.108. The van der Waals surface area contributed by atoms with Crippen molar-refractivity contribution in [3.63, 3.8) is 0 Å². The van der Waals surface area contributed by atoms with E-state index in [2.05, 4.69) is 0 Å². The summed E-state index contributed by atoms with van der Waals surface area (Å²) in [6.45, 7) is 0.976. The first-order valence-electron chi connectivity index (χ1n) is 8.00. The highest BCUT2D eigenvalue weighted by atomic mass is 35.5. The largest absolute Gasteiger partial charge is 0.489 e. The van der Waals surface area contributed by atoms with Gasteiger partial charge in [0.05, 0.1) is 17.9 Å². The summed E-state index contributed by atoms with van der Waals surface area (Å²) in [6.07, 6.45) is 2.26. The molecule has 140 valence electrons. The van der Waals surface area contributed by atoms with Crippen LogP contribution in [0.5, 0.6) is 5.75 Å². The molecule has 9 heteroatoms. The van der Waals surface area contributed by atoms with Gasteiger partial charge >= 0.3 is 0 Å². The Kier molecular flexibility index (Phi) is 6.67. The average molecular weight is 391 g/mol. The number of aliphatic hydroxyl groups is 1. The molecule has 1 N–H and O–H groups in total. The maximum absolute atomic E-state index is 12.2. The van der Waals surface area contributed by atoms with Gasteiger partial charge in [-0.2, -0.15) is 0 Å². The predicted octanol–water partition coefficient (Wildman–Crippen LogP) is 1.21. The number of carbonyl (C=O) groups excluding carboxylic acids is 1. The van der Waals surface area contributed by atoms with Crippen LogP contribution < -0.4 is 4.74 Å². The van der Waals surface area contributed by atoms with Crippen molar-refractivity contribution in [3.05, 3.63) is 28.8 Å². The highest BCUT2D eigenvalue weighted by Gasteiger charge is 2.26. The van der Waals surface area contributed by atoms with Crippen LogP contribution in [0, 0.1) is 0 Å². The lowest BCUT2D eigenvalue weighted by atomic mass is 10.1. The topological polar surface area (TPSA) is 87.2 Å². The molecule has 0 radical (unpaired) electrons. The van der Waals surface area contributed by atoms with Gasteiger partial charge in [0.25, 0.3) is 5.91 Å². The van der Waals surface area contributed by atoms with Gasteiger partial charge in [-0.25, -0.2) is 12.7 Å². The molecule has 1 amide bonds. The van der Waals surface area contributed by atoms with Crippen molar-refractivity contribution < 1.29 is 23.1 Å². The number of amides is 1. The van der Waals surface area contributed by atoms with Crippen LogP contribution in [0.3, 0.4) is 0 Å². The third kappa shape index (κ3) is 5.31. The zero-order valence-corrected chi connectivity index (χ0v) is 15.9. The number of likely N-dealkylation sites (N-methyl/N-ethyl adjacent to an activating group) is 1. The van der Waals surface area contributed by atoms with E-state index in [1.165, 1.54) is 15.5 Å². The van der Waals surface area contributed by atoms with E-state index in [4.69, 9.17) is 21.4 Å². The molecule has 1 aromatic carbocycles. The number of hydrogen-bond acceptors (Lipinski definition) is 5. The molecule has 0 unspecified atom stereocenters. The second-order valence-corrected chi connectivity index (χ2v) is 8.46. The van der Waals surface area contributed by atoms with E-state index in [0.29, 0.717) is 42.3 Å². The number of aliphatic hydroxyl groups excluding tert-OH is 1. The number of sulfonamides is 1. The van der Waals surface area contributed by atoms with Crippen molar-refractivity contribution >= 4 is 27.5 Å². The van der Waals surface area contributed by atoms with Crippen molar-refractivity contribution in [2.75, 3.05) is 39.5 Å². The Morgan fingerprint density at radius 1 is 1.40 bits per heavy atom. The summed E-state index contributed by atoms with van der Waals surface area (Å²) in [6, 6.07) is 4.81. The minimum atomic E-state index is -3.17. The molecule has 0 atom stereocenters. The number of piperidine rings is 1. The second-order valence-electron chi connectivity index (χ2n) is 6.07. The van der Waals surface area contributed by atoms with Crippen molar-refractivity contribution in [2.24, 2.45) is 0 Å². The van der Waals surface area contributed by atoms with E-state index in [-0.39, 0.29) is 25.2 Å². The normalized spacial score (nSPS) is 16.6. The zero-order valence-electron chi connectivity index (χ0n) is 14.3. The van der Waals surface area contributed by atoms with Crippen molar-refractivity contribution in [2.45, 2.75) is 18.9 Å². The smallest absolute Gasteiger partial charge is 0.253 e. The minimum Gasteiger partial charge on any atom is -0.489 e. The predicted molar refractivity (Wildman–Crippen MR) is 95.6 cm³/mol. The Morgan fingerprint density at radius 2 is 2.04 bits per heavy atom. The monoisotopic (exact) mass is 390 g/mol. The Labute approximate surface area is 153 Å². The third-order valence-electron chi connectivity index (χ3n) is 4.12. The van der Waals surface area contributed by atoms with Crippen LogP contribution >= 0.6 is 11.6 Å². The van der Waals surface area contributed by atoms with Crippen LogP contribution in [-0.2, 0) is 10.0 Å². The van der Waals surface area contributed by atoms with Crippen LogP contribution in [0.1, 0.15) is 23.2 Å². The van der Waals surface area contributed by atoms with Crippen molar-refractivity contribution in [1.29, 1.82) is 0 Å². The Hall–Kier alpha value is -1.35. The molecule has 7 nitrogen and oxygen atoms in total. The summed E-state index contributed by atoms with van der Waals surface area (Å²) in [5.41, 5.74) is 0.417. The highest BCUT2D eigenvalue weighted by Crippen LogP contribution is 2.29. The van der Waals surface area contributed by atoms with Gasteiger partial charge in [-0.05, 0) is 31.0 Å². The van der Waals surface area contributed by atoms with Crippen LogP contribution in [-0.4, -0.2) is 74.3 Å². The van der Waals surface area contributed by atoms with Gasteiger partial charge in [-0.1, -0.05) is 11.6 Å². The quantitative estimate of drug-likeness (QED) is 0.788. The number of nitrogens with zero attached hydrogens (tertiary/aromatic N) is 2. The number of hydrogen-bond donors (Lipinski definition) is 1. The summed E-state index contributed by atoms with van der Waals surface area (Å²) in [5, 5.41) is 9.23. The molecule has 0 bridgehead atoms. The fourth-order valence-electron chi connectivity index (χ4n) is 2.66. The van der Waals surface area contributed by atoms with Crippen LogP contribution in [0.2, 0.25) is 5.02 Å². The molecule has 1 aliphatic rings. The molecule has 0 aromatic heterocycles. The van der Waals surface area contributed by atoms with Gasteiger partial charge in [0.1, 0.15) is 11.9 Å². The van der Waals surface area contributed by atoms with E-state index in [1.807, 2.05) is 0 Å². The van der Waals surface area contributed by atoms with Gasteiger partial charge in [-0.15, -0.1) is 0 Å². The van der Waals surface area contributed by atoms with Gasteiger partial charge in [-0.3, -0.25) is 4.79 Å². The first-order valence-corrected chi connectivity index (χ1v) is 10.2. The van der Waals surface area contributed by atoms with Gasteiger partial charge in [0, 0.05) is 32.2 Å². The maximum Gasteiger partial charge on any atom is 0.253 e. The Balaban J connectivity index is 1.99. The van der Waals surface area contributed by atoms with E-state index < -0.39 is 10.0 Å². The van der Waals surface area contributed by atoms with Crippen LogP contribution in [0.15, 0.2) is 18.2 Å². The Morgan fingerprint density at radius 3 is 2.56 bits per heavy atom. The van der Waals surface area contributed by atoms with E-state index in [0.717, 1.165) is 0 Å². The average Bonchev–Trinajstić information content (AvgIpc) is 2.56. The maximum atomic E-state index is 12.2. The number of benzene rings is 1. The zero-order chi connectivity index (χ0) is 18.6. The molecule has 0 saturated carbocycles. The lowest BCUT2D eigenvalue weighted by Crippen LogP contribution is -2.41. The van der Waals surface area contributed by atoms with Crippen molar-refractivity contribution in [1.82, 2.24) is 9.21 Å². The number of carbonyl (C=O) groups is 1. The number of rotatable bonds is 6.